The van der Waals surface area contributed by atoms with Crippen LogP contribution in [-0.4, -0.2) is 27.3 Å². The average molecular weight is 356 g/mol. The fraction of sp³-hybridized carbons (Fsp3) is 0.238. The van der Waals surface area contributed by atoms with Crippen LogP contribution in [0.1, 0.15) is 51.6 Å². The largest absolute Gasteiger partial charge is 0.508 e. The Morgan fingerprint density at radius 2 is 1.46 bits per heavy atom. The third-order valence-electron chi connectivity index (χ3n) is 3.51. The molecule has 0 saturated heterocycles. The number of carbonyl (C=O) groups is 2. The molecule has 0 aliphatic rings. The number of carboxylic acids is 2. The summed E-state index contributed by atoms with van der Waals surface area (Å²) in [6.45, 7) is 3.79. The van der Waals surface area contributed by atoms with Gasteiger partial charge >= 0.3 is 11.9 Å². The Labute approximate surface area is 153 Å². The fourth-order valence-corrected chi connectivity index (χ4v) is 2.23. The van der Waals surface area contributed by atoms with Crippen LogP contribution in [0.3, 0.4) is 0 Å². The zero-order valence-electron chi connectivity index (χ0n) is 15.0. The minimum absolute atomic E-state index is 0.00241. The summed E-state index contributed by atoms with van der Waals surface area (Å²) in [5.74, 6) is -1.90. The summed E-state index contributed by atoms with van der Waals surface area (Å²) in [5.41, 5.74) is 1.89. The molecule has 0 aliphatic carbocycles. The molecule has 138 valence electrons. The molecule has 0 amide bonds. The molecule has 0 radical (unpaired) electrons. The van der Waals surface area contributed by atoms with Gasteiger partial charge in [0.15, 0.2) is 0 Å². The Morgan fingerprint density at radius 1 is 0.923 bits per heavy atom. The molecular weight excluding hydrogens is 332 g/mol. The molecule has 0 atom stereocenters. The van der Waals surface area contributed by atoms with E-state index in [-0.39, 0.29) is 11.1 Å². The Hall–Kier alpha value is -3.08. The van der Waals surface area contributed by atoms with Crippen LogP contribution in [0.2, 0.25) is 0 Å². The minimum atomic E-state index is -1.12. The maximum atomic E-state index is 10.5. The Kier molecular flexibility index (Phi) is 8.64. The summed E-state index contributed by atoms with van der Waals surface area (Å²) in [7, 11) is 0. The lowest BCUT2D eigenvalue weighted by Gasteiger charge is -1.99. The van der Waals surface area contributed by atoms with Gasteiger partial charge in [-0.15, -0.1) is 0 Å². The third kappa shape index (κ3) is 7.66. The maximum absolute atomic E-state index is 10.5. The SMILES string of the molecule is CCC=CCCc1ccc(O)cc1.Cc1cc(C(=O)O)cc(C(=O)O)c1. The molecule has 5 nitrogen and oxygen atoms in total. The van der Waals surface area contributed by atoms with Crippen LogP contribution in [0.5, 0.6) is 5.75 Å². The molecule has 0 aromatic heterocycles. The molecule has 0 aliphatic heterocycles. The second-order valence-electron chi connectivity index (χ2n) is 5.78. The first kappa shape index (κ1) is 21.0. The standard InChI is InChI=1S/C12H16O.C9H8O4/c1-2-3-4-5-6-11-7-9-12(13)10-8-11;1-5-2-6(8(10)11)4-7(3-5)9(12)13/h3-4,7-10,13H,2,5-6H2,1H3;2-4H,1H3,(H,10,11)(H,12,13). The first-order chi connectivity index (χ1) is 12.3. The van der Waals surface area contributed by atoms with Crippen molar-refractivity contribution >= 4 is 11.9 Å². The van der Waals surface area contributed by atoms with E-state index in [4.69, 9.17) is 15.3 Å². The molecule has 3 N–H and O–H groups in total. The number of aromatic carboxylic acids is 2. The normalized spacial score (nSPS) is 10.2. The smallest absolute Gasteiger partial charge is 0.335 e. The van der Waals surface area contributed by atoms with Gasteiger partial charge in [-0.3, -0.25) is 0 Å². The van der Waals surface area contributed by atoms with Gasteiger partial charge in [0.05, 0.1) is 11.1 Å². The summed E-state index contributed by atoms with van der Waals surface area (Å²) in [6, 6.07) is 11.4. The lowest BCUT2D eigenvalue weighted by molar-refractivity contribution is 0.0696. The average Bonchev–Trinajstić information content (AvgIpc) is 2.60. The number of rotatable bonds is 6. The van der Waals surface area contributed by atoms with Crippen molar-refractivity contribution in [3.05, 3.63) is 76.9 Å². The Bertz CT molecular complexity index is 728. The van der Waals surface area contributed by atoms with Crippen LogP contribution in [0, 0.1) is 6.92 Å². The van der Waals surface area contributed by atoms with Crippen molar-refractivity contribution in [1.29, 1.82) is 0 Å². The van der Waals surface area contributed by atoms with Gasteiger partial charge in [-0.2, -0.15) is 0 Å². The van der Waals surface area contributed by atoms with Crippen molar-refractivity contribution in [1.82, 2.24) is 0 Å². The van der Waals surface area contributed by atoms with Gasteiger partial charge in [-0.1, -0.05) is 31.2 Å². The number of hydrogen-bond donors (Lipinski definition) is 3. The van der Waals surface area contributed by atoms with Crippen molar-refractivity contribution < 1.29 is 24.9 Å². The molecular formula is C21H24O5. The molecule has 2 aromatic carbocycles. The number of aryl methyl sites for hydroxylation is 2. The van der Waals surface area contributed by atoms with Crippen LogP contribution in [-0.2, 0) is 6.42 Å². The number of phenolic OH excluding ortho intramolecular Hbond substituents is 1. The predicted octanol–water partition coefficient (Wildman–Crippen LogP) is 4.68. The molecule has 2 rings (SSSR count). The summed E-state index contributed by atoms with van der Waals surface area (Å²) in [4.78, 5) is 21.1. The minimum Gasteiger partial charge on any atom is -0.508 e. The van der Waals surface area contributed by atoms with Gasteiger partial charge in [0, 0.05) is 0 Å². The van der Waals surface area contributed by atoms with E-state index in [0.717, 1.165) is 25.3 Å². The highest BCUT2D eigenvalue weighted by molar-refractivity contribution is 5.94. The maximum Gasteiger partial charge on any atom is 0.335 e. The third-order valence-corrected chi connectivity index (χ3v) is 3.51. The number of benzene rings is 2. The summed E-state index contributed by atoms with van der Waals surface area (Å²) in [5, 5.41) is 26.3. The lowest BCUT2D eigenvalue weighted by Crippen LogP contribution is -2.02. The van der Waals surface area contributed by atoms with Crippen molar-refractivity contribution in [2.24, 2.45) is 0 Å². The van der Waals surface area contributed by atoms with E-state index in [2.05, 4.69) is 19.1 Å². The van der Waals surface area contributed by atoms with Crippen molar-refractivity contribution in [2.75, 3.05) is 0 Å². The summed E-state index contributed by atoms with van der Waals surface area (Å²) in [6.07, 6.45) is 7.62. The van der Waals surface area contributed by atoms with E-state index in [1.807, 2.05) is 12.1 Å². The molecule has 26 heavy (non-hydrogen) atoms. The van der Waals surface area contributed by atoms with E-state index in [1.165, 1.54) is 17.7 Å². The quantitative estimate of drug-likeness (QED) is 0.653. The molecule has 0 fully saturated rings. The van der Waals surface area contributed by atoms with Gasteiger partial charge in [0.1, 0.15) is 5.75 Å². The number of aromatic hydroxyl groups is 1. The summed E-state index contributed by atoms with van der Waals surface area (Å²) >= 11 is 0. The van der Waals surface area contributed by atoms with E-state index in [0.29, 0.717) is 11.3 Å². The van der Waals surface area contributed by atoms with Crippen LogP contribution < -0.4 is 0 Å². The zero-order chi connectivity index (χ0) is 19.5. The number of allylic oxidation sites excluding steroid dienone is 2. The van der Waals surface area contributed by atoms with Crippen LogP contribution in [0.25, 0.3) is 0 Å². The zero-order valence-corrected chi connectivity index (χ0v) is 15.0. The lowest BCUT2D eigenvalue weighted by atomic mass is 10.1. The van der Waals surface area contributed by atoms with E-state index >= 15 is 0 Å². The molecule has 2 aromatic rings. The predicted molar refractivity (Wildman–Crippen MR) is 101 cm³/mol. The monoisotopic (exact) mass is 356 g/mol. The van der Waals surface area contributed by atoms with Crippen molar-refractivity contribution in [3.63, 3.8) is 0 Å². The first-order valence-corrected chi connectivity index (χ1v) is 8.34. The Balaban J connectivity index is 0.000000260. The Morgan fingerprint density at radius 3 is 1.92 bits per heavy atom. The second kappa shape index (κ2) is 10.7. The van der Waals surface area contributed by atoms with E-state index < -0.39 is 11.9 Å². The second-order valence-corrected chi connectivity index (χ2v) is 5.78. The number of phenols is 1. The van der Waals surface area contributed by atoms with Crippen LogP contribution in [0.4, 0.5) is 0 Å². The molecule has 5 heteroatoms. The van der Waals surface area contributed by atoms with Gasteiger partial charge in [0.25, 0.3) is 0 Å². The summed E-state index contributed by atoms with van der Waals surface area (Å²) < 4.78 is 0. The van der Waals surface area contributed by atoms with Crippen molar-refractivity contribution in [2.45, 2.75) is 33.1 Å². The molecule has 0 spiro atoms. The van der Waals surface area contributed by atoms with Crippen LogP contribution in [0.15, 0.2) is 54.6 Å². The van der Waals surface area contributed by atoms with E-state index in [9.17, 15) is 9.59 Å². The topological polar surface area (TPSA) is 94.8 Å². The van der Waals surface area contributed by atoms with Gasteiger partial charge < -0.3 is 15.3 Å². The first-order valence-electron chi connectivity index (χ1n) is 8.34. The van der Waals surface area contributed by atoms with Crippen LogP contribution >= 0.6 is 0 Å². The van der Waals surface area contributed by atoms with Gasteiger partial charge in [-0.05, 0) is 67.6 Å². The highest BCUT2D eigenvalue weighted by atomic mass is 16.4. The van der Waals surface area contributed by atoms with Crippen molar-refractivity contribution in [3.8, 4) is 5.75 Å². The van der Waals surface area contributed by atoms with Gasteiger partial charge in [0.2, 0.25) is 0 Å². The molecule has 0 unspecified atom stereocenters. The highest BCUT2D eigenvalue weighted by Gasteiger charge is 2.09. The number of hydrogen-bond acceptors (Lipinski definition) is 3. The van der Waals surface area contributed by atoms with Gasteiger partial charge in [-0.25, -0.2) is 9.59 Å². The number of carboxylic acid groups (broad SMARTS) is 2. The molecule has 0 bridgehead atoms. The van der Waals surface area contributed by atoms with E-state index in [1.54, 1.807) is 19.1 Å². The molecule has 0 saturated carbocycles. The molecule has 0 heterocycles. The fourth-order valence-electron chi connectivity index (χ4n) is 2.23. The highest BCUT2D eigenvalue weighted by Crippen LogP contribution is 2.11.